The molecule has 0 aliphatic rings. The van der Waals surface area contributed by atoms with Gasteiger partial charge in [-0.15, -0.1) is 0 Å². The minimum Gasteiger partial charge on any atom is -0.497 e. The molecule has 0 saturated carbocycles. The number of nitrogens with two attached hydrogens (primary N) is 2. The summed E-state index contributed by atoms with van der Waals surface area (Å²) in [4.78, 5) is 51.8. The molecule has 0 fully saturated rings. The van der Waals surface area contributed by atoms with E-state index < -0.39 is 36.3 Å². The molecule has 1 unspecified atom stereocenters. The molecule has 2 aromatic heterocycles. The van der Waals surface area contributed by atoms with E-state index in [1.165, 1.54) is 7.11 Å². The molecule has 190 valence electrons. The molecule has 1 aromatic carbocycles. The summed E-state index contributed by atoms with van der Waals surface area (Å²) in [5.74, 6) is -1.89. The standard InChI is InChI=1S/C23H25N5O7S/c1-4-34-16(29)11-26-22(31)19(15-10-5-12(2)35-15)28(13-6-8-14(33-3)9-7-13)23(32)20-17(24)18(21(25)30)27-36-20/h5-10,19H,4,11,24H2,1-3H3,(H2,25,30)(H,26,31). The number of furan rings is 1. The number of methoxy groups -OCH3 is 1. The zero-order chi connectivity index (χ0) is 26.4. The third kappa shape index (κ3) is 5.63. The Hall–Kier alpha value is -4.39. The van der Waals surface area contributed by atoms with Gasteiger partial charge < -0.3 is 30.7 Å². The minimum atomic E-state index is -1.37. The summed E-state index contributed by atoms with van der Waals surface area (Å²) in [5, 5.41) is 2.48. The maximum Gasteiger partial charge on any atom is 0.325 e. The fourth-order valence-corrected chi connectivity index (χ4v) is 4.05. The van der Waals surface area contributed by atoms with Crippen molar-refractivity contribution in [3.05, 3.63) is 58.5 Å². The number of nitrogen functional groups attached to an aromatic ring is 1. The van der Waals surface area contributed by atoms with Crippen molar-refractivity contribution in [1.82, 2.24) is 9.69 Å². The lowest BCUT2D eigenvalue weighted by Gasteiger charge is -2.29. The minimum absolute atomic E-state index is 0.105. The maximum absolute atomic E-state index is 13.8. The summed E-state index contributed by atoms with van der Waals surface area (Å²) < 4.78 is 19.7. The van der Waals surface area contributed by atoms with E-state index in [4.69, 9.17) is 25.4 Å². The van der Waals surface area contributed by atoms with Crippen LogP contribution in [0.5, 0.6) is 5.75 Å². The quantitative estimate of drug-likeness (QED) is 0.339. The molecule has 0 spiro atoms. The van der Waals surface area contributed by atoms with Crippen molar-refractivity contribution in [3.8, 4) is 5.75 Å². The Morgan fingerprint density at radius 2 is 1.86 bits per heavy atom. The van der Waals surface area contributed by atoms with Crippen LogP contribution in [0.4, 0.5) is 11.4 Å². The highest BCUT2D eigenvalue weighted by atomic mass is 32.1. The smallest absolute Gasteiger partial charge is 0.325 e. The predicted octanol–water partition coefficient (Wildman–Crippen LogP) is 1.80. The molecule has 3 amide bonds. The first kappa shape index (κ1) is 26.2. The zero-order valence-electron chi connectivity index (χ0n) is 19.8. The number of hydrogen-bond donors (Lipinski definition) is 3. The second-order valence-electron chi connectivity index (χ2n) is 7.39. The molecular weight excluding hydrogens is 490 g/mol. The summed E-state index contributed by atoms with van der Waals surface area (Å²) in [7, 11) is 1.48. The number of hydrogen-bond acceptors (Lipinski definition) is 10. The first-order chi connectivity index (χ1) is 17.2. The first-order valence-electron chi connectivity index (χ1n) is 10.7. The van der Waals surface area contributed by atoms with Crippen molar-refractivity contribution >= 4 is 46.6 Å². The van der Waals surface area contributed by atoms with Gasteiger partial charge in [0.15, 0.2) is 11.7 Å². The van der Waals surface area contributed by atoms with Crippen LogP contribution in [0, 0.1) is 6.92 Å². The van der Waals surface area contributed by atoms with Gasteiger partial charge in [0.05, 0.1) is 19.4 Å². The Morgan fingerprint density at radius 3 is 2.39 bits per heavy atom. The number of carbonyl (C=O) groups is 4. The molecule has 3 rings (SSSR count). The fourth-order valence-electron chi connectivity index (χ4n) is 3.31. The molecule has 5 N–H and O–H groups in total. The SMILES string of the molecule is CCOC(=O)CNC(=O)C(c1ccc(C)o1)N(C(=O)c1snc(C(N)=O)c1N)c1ccc(OC)cc1. The average molecular weight is 516 g/mol. The molecule has 1 atom stereocenters. The first-order valence-corrected chi connectivity index (χ1v) is 11.5. The van der Waals surface area contributed by atoms with E-state index in [-0.39, 0.29) is 34.3 Å². The van der Waals surface area contributed by atoms with Gasteiger partial charge in [-0.2, -0.15) is 4.37 Å². The molecule has 2 heterocycles. The number of anilines is 2. The van der Waals surface area contributed by atoms with E-state index >= 15 is 0 Å². The lowest BCUT2D eigenvalue weighted by Crippen LogP contribution is -2.45. The van der Waals surface area contributed by atoms with Crippen molar-refractivity contribution in [3.63, 3.8) is 0 Å². The van der Waals surface area contributed by atoms with Crippen LogP contribution in [0.3, 0.4) is 0 Å². The van der Waals surface area contributed by atoms with Gasteiger partial charge in [-0.25, -0.2) is 0 Å². The number of aromatic nitrogens is 1. The van der Waals surface area contributed by atoms with Crippen molar-refractivity contribution in [1.29, 1.82) is 0 Å². The number of nitrogens with one attached hydrogen (secondary N) is 1. The van der Waals surface area contributed by atoms with Gasteiger partial charge in [0, 0.05) is 5.69 Å². The highest BCUT2D eigenvalue weighted by Gasteiger charge is 2.38. The van der Waals surface area contributed by atoms with Crippen molar-refractivity contribution in [2.24, 2.45) is 5.73 Å². The van der Waals surface area contributed by atoms with Crippen LogP contribution in [-0.4, -0.2) is 48.3 Å². The van der Waals surface area contributed by atoms with E-state index in [2.05, 4.69) is 9.69 Å². The summed E-state index contributed by atoms with van der Waals surface area (Å²) in [6.45, 7) is 3.02. The van der Waals surface area contributed by atoms with E-state index in [0.717, 1.165) is 4.90 Å². The van der Waals surface area contributed by atoms with Gasteiger partial charge in [-0.3, -0.25) is 24.1 Å². The van der Waals surface area contributed by atoms with Crippen LogP contribution >= 0.6 is 11.5 Å². The van der Waals surface area contributed by atoms with Crippen LogP contribution in [0.1, 0.15) is 44.6 Å². The van der Waals surface area contributed by atoms with Crippen LogP contribution in [0.15, 0.2) is 40.8 Å². The van der Waals surface area contributed by atoms with Gasteiger partial charge in [0.2, 0.25) is 0 Å². The average Bonchev–Trinajstić information content (AvgIpc) is 3.46. The van der Waals surface area contributed by atoms with E-state index in [1.54, 1.807) is 50.2 Å². The van der Waals surface area contributed by atoms with Crippen molar-refractivity contribution < 1.29 is 33.1 Å². The number of esters is 1. The number of nitrogens with zero attached hydrogens (tertiary/aromatic N) is 2. The third-order valence-electron chi connectivity index (χ3n) is 4.97. The molecule has 12 nitrogen and oxygen atoms in total. The largest absolute Gasteiger partial charge is 0.497 e. The Labute approximate surface area is 210 Å². The van der Waals surface area contributed by atoms with Gasteiger partial charge in [-0.1, -0.05) is 0 Å². The molecule has 0 aliphatic carbocycles. The van der Waals surface area contributed by atoms with Gasteiger partial charge in [0.25, 0.3) is 17.7 Å². The Kier molecular flexibility index (Phi) is 8.27. The molecule has 0 bridgehead atoms. The van der Waals surface area contributed by atoms with E-state index in [0.29, 0.717) is 23.0 Å². The molecule has 13 heteroatoms. The Balaban J connectivity index is 2.13. The van der Waals surface area contributed by atoms with Gasteiger partial charge >= 0.3 is 5.97 Å². The summed E-state index contributed by atoms with van der Waals surface area (Å²) in [5.41, 5.74) is 11.1. The highest BCUT2D eigenvalue weighted by Crippen LogP contribution is 2.34. The van der Waals surface area contributed by atoms with Crippen molar-refractivity contribution in [2.45, 2.75) is 19.9 Å². The Morgan fingerprint density at radius 1 is 1.17 bits per heavy atom. The van der Waals surface area contributed by atoms with Crippen LogP contribution in [0.25, 0.3) is 0 Å². The second-order valence-corrected chi connectivity index (χ2v) is 8.16. The van der Waals surface area contributed by atoms with E-state index in [1.807, 2.05) is 0 Å². The number of aryl methyl sites for hydroxylation is 1. The molecular formula is C23H25N5O7S. The maximum atomic E-state index is 13.8. The second kappa shape index (κ2) is 11.4. The zero-order valence-corrected chi connectivity index (χ0v) is 20.6. The summed E-state index contributed by atoms with van der Waals surface area (Å²) in [6.07, 6.45) is 0. The van der Waals surface area contributed by atoms with Gasteiger partial charge in [0.1, 0.15) is 28.7 Å². The number of ether oxygens (including phenoxy) is 2. The molecule has 0 aliphatic heterocycles. The number of primary amides is 1. The van der Waals surface area contributed by atoms with Gasteiger partial charge in [-0.05, 0) is 61.8 Å². The van der Waals surface area contributed by atoms with E-state index in [9.17, 15) is 19.2 Å². The fraction of sp³-hybridized carbons (Fsp3) is 0.261. The van der Waals surface area contributed by atoms with Crippen LogP contribution in [0.2, 0.25) is 0 Å². The molecule has 36 heavy (non-hydrogen) atoms. The summed E-state index contributed by atoms with van der Waals surface area (Å²) in [6, 6.07) is 8.12. The molecule has 0 radical (unpaired) electrons. The normalized spacial score (nSPS) is 11.4. The topological polar surface area (TPSA) is 180 Å². The predicted molar refractivity (Wildman–Crippen MR) is 131 cm³/mol. The number of rotatable bonds is 10. The van der Waals surface area contributed by atoms with Crippen LogP contribution < -0.4 is 26.4 Å². The summed E-state index contributed by atoms with van der Waals surface area (Å²) >= 11 is 0.669. The lowest BCUT2D eigenvalue weighted by molar-refractivity contribution is -0.143. The molecule has 3 aromatic rings. The molecule has 0 saturated heterocycles. The monoisotopic (exact) mass is 515 g/mol. The highest BCUT2D eigenvalue weighted by molar-refractivity contribution is 7.09. The number of benzene rings is 1. The number of amides is 3. The Bertz CT molecular complexity index is 1270. The van der Waals surface area contributed by atoms with Crippen molar-refractivity contribution in [2.75, 3.05) is 30.9 Å². The third-order valence-corrected chi connectivity index (χ3v) is 5.83. The lowest BCUT2D eigenvalue weighted by atomic mass is 10.1. The number of carbonyl (C=O) groups excluding carboxylic acids is 4. The van der Waals surface area contributed by atoms with Crippen LogP contribution in [-0.2, 0) is 14.3 Å².